The molecule has 1 heterocycles. The summed E-state index contributed by atoms with van der Waals surface area (Å²) in [6.45, 7) is 4.76. The van der Waals surface area contributed by atoms with E-state index in [-0.39, 0.29) is 1.43 Å². The van der Waals surface area contributed by atoms with E-state index in [1.54, 1.807) is 11.3 Å². The van der Waals surface area contributed by atoms with Crippen LogP contribution in [0, 0.1) is 0 Å². The van der Waals surface area contributed by atoms with Gasteiger partial charge in [-0.3, -0.25) is 0 Å². The number of rotatable bonds is 2. The average Bonchev–Trinajstić information content (AvgIpc) is 2.46. The maximum Gasteiger partial charge on any atom is 0.00577 e. The van der Waals surface area contributed by atoms with Gasteiger partial charge in [0.1, 0.15) is 0 Å². The molecule has 0 fully saturated rings. The molecule has 0 atom stereocenters. The third-order valence-electron chi connectivity index (χ3n) is 0.971. The summed E-state index contributed by atoms with van der Waals surface area (Å²) in [5, 5.41) is 2.07. The summed E-state index contributed by atoms with van der Waals surface area (Å²) in [4.78, 5) is 1.38. The van der Waals surface area contributed by atoms with Gasteiger partial charge < -0.3 is 5.73 Å². The first-order valence-electron chi connectivity index (χ1n) is 3.66. The van der Waals surface area contributed by atoms with E-state index in [0.717, 1.165) is 13.0 Å². The zero-order valence-corrected chi connectivity index (χ0v) is 7.45. The average molecular weight is 159 g/mol. The predicted molar refractivity (Wildman–Crippen MR) is 50.5 cm³/mol. The predicted octanol–water partition coefficient (Wildman–Crippen LogP) is 2.52. The van der Waals surface area contributed by atoms with Gasteiger partial charge in [-0.15, -0.1) is 11.3 Å². The molecule has 0 aliphatic carbocycles. The van der Waals surface area contributed by atoms with E-state index in [4.69, 9.17) is 5.73 Å². The van der Waals surface area contributed by atoms with Crippen LogP contribution in [-0.4, -0.2) is 6.54 Å². The summed E-state index contributed by atoms with van der Waals surface area (Å²) >= 11 is 1.77. The molecule has 1 aromatic heterocycles. The molecule has 1 nitrogen and oxygen atoms in total. The Morgan fingerprint density at radius 2 is 2.30 bits per heavy atom. The van der Waals surface area contributed by atoms with Crippen LogP contribution in [0.3, 0.4) is 0 Å². The van der Waals surface area contributed by atoms with Crippen molar-refractivity contribution >= 4 is 11.3 Å². The lowest BCUT2D eigenvalue weighted by Gasteiger charge is -1.86. The minimum absolute atomic E-state index is 0. The van der Waals surface area contributed by atoms with Crippen molar-refractivity contribution in [3.8, 4) is 0 Å². The van der Waals surface area contributed by atoms with Gasteiger partial charge in [-0.1, -0.05) is 19.9 Å². The van der Waals surface area contributed by atoms with Crippen LogP contribution in [-0.2, 0) is 6.42 Å². The Balaban J connectivity index is 0. The van der Waals surface area contributed by atoms with Crippen molar-refractivity contribution in [2.24, 2.45) is 5.73 Å². The van der Waals surface area contributed by atoms with Crippen LogP contribution >= 0.6 is 11.3 Å². The lowest BCUT2D eigenvalue weighted by Crippen LogP contribution is -2.00. The minimum atomic E-state index is 0. The smallest absolute Gasteiger partial charge is 0.00577 e. The molecule has 0 spiro atoms. The summed E-state index contributed by atoms with van der Waals surface area (Å²) in [7, 11) is 0. The van der Waals surface area contributed by atoms with E-state index in [1.807, 2.05) is 13.8 Å². The number of nitrogens with two attached hydrogens (primary N) is 1. The summed E-state index contributed by atoms with van der Waals surface area (Å²) < 4.78 is 0. The molecule has 2 heteroatoms. The van der Waals surface area contributed by atoms with Crippen molar-refractivity contribution < 1.29 is 1.43 Å². The van der Waals surface area contributed by atoms with E-state index >= 15 is 0 Å². The van der Waals surface area contributed by atoms with Crippen LogP contribution in [0.1, 0.15) is 20.2 Å². The normalized spacial score (nSPS) is 8.30. The molecule has 1 rings (SSSR count). The molecule has 0 radical (unpaired) electrons. The van der Waals surface area contributed by atoms with Crippen LogP contribution in [0.15, 0.2) is 17.5 Å². The highest BCUT2D eigenvalue weighted by molar-refractivity contribution is 7.09. The van der Waals surface area contributed by atoms with Crippen molar-refractivity contribution in [2.45, 2.75) is 20.3 Å². The second-order valence-electron chi connectivity index (χ2n) is 1.62. The fourth-order valence-electron chi connectivity index (χ4n) is 0.597. The van der Waals surface area contributed by atoms with Gasteiger partial charge in [-0.2, -0.15) is 0 Å². The van der Waals surface area contributed by atoms with Crippen LogP contribution < -0.4 is 5.73 Å². The maximum atomic E-state index is 5.33. The first-order valence-corrected chi connectivity index (χ1v) is 4.54. The topological polar surface area (TPSA) is 26.0 Å². The Morgan fingerprint density at radius 3 is 2.70 bits per heavy atom. The lowest BCUT2D eigenvalue weighted by atomic mass is 10.3. The van der Waals surface area contributed by atoms with Gasteiger partial charge in [0, 0.05) is 6.30 Å². The van der Waals surface area contributed by atoms with E-state index < -0.39 is 0 Å². The fraction of sp³-hybridized carbons (Fsp3) is 0.500. The third kappa shape index (κ3) is 3.64. The summed E-state index contributed by atoms with van der Waals surface area (Å²) in [6.07, 6.45) is 1.03. The van der Waals surface area contributed by atoms with E-state index in [9.17, 15) is 0 Å². The molecular formula is C8H17NS. The molecule has 60 valence electrons. The third-order valence-corrected chi connectivity index (χ3v) is 1.91. The highest BCUT2D eigenvalue weighted by atomic mass is 32.1. The molecule has 10 heavy (non-hydrogen) atoms. The maximum absolute atomic E-state index is 5.33. The Morgan fingerprint density at radius 1 is 1.60 bits per heavy atom. The van der Waals surface area contributed by atoms with Gasteiger partial charge in [-0.25, -0.2) is 0 Å². The zero-order valence-electron chi connectivity index (χ0n) is 6.63. The van der Waals surface area contributed by atoms with Gasteiger partial charge in [0.2, 0.25) is 0 Å². The largest absolute Gasteiger partial charge is 0.330 e. The quantitative estimate of drug-likeness (QED) is 0.705. The number of hydrogen-bond acceptors (Lipinski definition) is 2. The van der Waals surface area contributed by atoms with Gasteiger partial charge in [0.05, 0.1) is 0 Å². The second kappa shape index (κ2) is 6.78. The van der Waals surface area contributed by atoms with Crippen molar-refractivity contribution in [1.29, 1.82) is 0 Å². The van der Waals surface area contributed by atoms with Crippen molar-refractivity contribution in [3.05, 3.63) is 22.4 Å². The molecule has 0 saturated heterocycles. The van der Waals surface area contributed by atoms with Crippen LogP contribution in [0.4, 0.5) is 0 Å². The Labute approximate surface area is 68.4 Å². The first kappa shape index (κ1) is 9.66. The zero-order chi connectivity index (χ0) is 7.82. The number of hydrogen-bond donors (Lipinski definition) is 1. The van der Waals surface area contributed by atoms with E-state index in [0.29, 0.717) is 0 Å². The molecule has 0 aliphatic heterocycles. The molecule has 0 aliphatic rings. The van der Waals surface area contributed by atoms with Crippen LogP contribution in [0.2, 0.25) is 0 Å². The van der Waals surface area contributed by atoms with Crippen molar-refractivity contribution in [1.82, 2.24) is 0 Å². The molecule has 0 saturated carbocycles. The van der Waals surface area contributed by atoms with Crippen molar-refractivity contribution in [2.75, 3.05) is 6.54 Å². The highest BCUT2D eigenvalue weighted by Gasteiger charge is 1.87. The first-order chi connectivity index (χ1) is 4.93. The van der Waals surface area contributed by atoms with Crippen LogP contribution in [0.25, 0.3) is 0 Å². The summed E-state index contributed by atoms with van der Waals surface area (Å²) in [6, 6.07) is 4.16. The standard InChI is InChI=1S/C6H9NS.C2H6.H2/c7-4-3-6-2-1-5-8-6;1-2;/h1-2,5H,3-4,7H2;1-2H3;1H. The molecule has 0 bridgehead atoms. The molecule has 0 unspecified atom stereocenters. The van der Waals surface area contributed by atoms with Crippen molar-refractivity contribution in [3.63, 3.8) is 0 Å². The Kier molecular flexibility index (Phi) is 6.55. The molecule has 0 amide bonds. The van der Waals surface area contributed by atoms with Gasteiger partial charge in [0.15, 0.2) is 0 Å². The van der Waals surface area contributed by atoms with Gasteiger partial charge in [0.25, 0.3) is 0 Å². The van der Waals surface area contributed by atoms with E-state index in [1.165, 1.54) is 4.88 Å². The monoisotopic (exact) mass is 159 g/mol. The highest BCUT2D eigenvalue weighted by Crippen LogP contribution is 2.07. The fourth-order valence-corrected chi connectivity index (χ4v) is 1.32. The Hall–Kier alpha value is -0.340. The number of thiophene rings is 1. The van der Waals surface area contributed by atoms with E-state index in [2.05, 4.69) is 17.5 Å². The lowest BCUT2D eigenvalue weighted by molar-refractivity contribution is 0.989. The summed E-state index contributed by atoms with van der Waals surface area (Å²) in [5.41, 5.74) is 5.33. The van der Waals surface area contributed by atoms with Gasteiger partial charge >= 0.3 is 0 Å². The second-order valence-corrected chi connectivity index (χ2v) is 2.65. The van der Waals surface area contributed by atoms with Crippen LogP contribution in [0.5, 0.6) is 0 Å². The SMILES string of the molecule is CC.NCCc1cccs1.[HH]. The molecule has 0 aromatic carbocycles. The Bertz CT molecular complexity index is 140. The molecule has 1 aromatic rings. The molecule has 2 N–H and O–H groups in total. The van der Waals surface area contributed by atoms with Gasteiger partial charge in [-0.05, 0) is 24.4 Å². The summed E-state index contributed by atoms with van der Waals surface area (Å²) in [5.74, 6) is 0. The molecular weight excluding hydrogens is 142 g/mol. The minimum Gasteiger partial charge on any atom is -0.330 e.